The highest BCUT2D eigenvalue weighted by molar-refractivity contribution is 5.85. The van der Waals surface area contributed by atoms with Gasteiger partial charge in [0, 0.05) is 12.1 Å². The molecule has 108 valence electrons. The van der Waals surface area contributed by atoms with Crippen LogP contribution in [-0.4, -0.2) is 22.8 Å². The highest BCUT2D eigenvalue weighted by atomic mass is 16.5. The van der Waals surface area contributed by atoms with Crippen molar-refractivity contribution in [3.63, 3.8) is 0 Å². The highest BCUT2D eigenvalue weighted by Crippen LogP contribution is 2.29. The van der Waals surface area contributed by atoms with E-state index < -0.39 is 5.97 Å². The molecule has 0 unspecified atom stereocenters. The van der Waals surface area contributed by atoms with Gasteiger partial charge in [0.25, 0.3) is 0 Å². The van der Waals surface area contributed by atoms with Crippen LogP contribution in [-0.2, 0) is 6.61 Å². The van der Waals surface area contributed by atoms with Crippen molar-refractivity contribution in [2.45, 2.75) is 13.5 Å². The third kappa shape index (κ3) is 3.51. The van der Waals surface area contributed by atoms with Gasteiger partial charge in [0.05, 0.1) is 18.2 Å². The second-order valence-electron chi connectivity index (χ2n) is 3.98. The Hall–Kier alpha value is -3.01. The third-order valence-corrected chi connectivity index (χ3v) is 2.52. The van der Waals surface area contributed by atoms with Crippen LogP contribution in [0, 0.1) is 11.3 Å². The molecule has 7 heteroatoms. The molecule has 2 aromatic rings. The Morgan fingerprint density at radius 1 is 1.38 bits per heavy atom. The fourth-order valence-corrected chi connectivity index (χ4v) is 1.60. The Kier molecular flexibility index (Phi) is 4.41. The van der Waals surface area contributed by atoms with Crippen molar-refractivity contribution in [2.24, 2.45) is 0 Å². The van der Waals surface area contributed by atoms with Gasteiger partial charge in [0.15, 0.2) is 23.0 Å². The molecular formula is C14H12N2O5. The molecule has 21 heavy (non-hydrogen) atoms. The number of aromatic nitrogens is 1. The van der Waals surface area contributed by atoms with Gasteiger partial charge < -0.3 is 19.1 Å². The maximum Gasteiger partial charge on any atom is 0.358 e. The molecule has 0 aliphatic heterocycles. The van der Waals surface area contributed by atoms with E-state index in [4.69, 9.17) is 24.4 Å². The van der Waals surface area contributed by atoms with Gasteiger partial charge in [-0.3, -0.25) is 0 Å². The summed E-state index contributed by atoms with van der Waals surface area (Å²) in [5.41, 5.74) is 0.275. The van der Waals surface area contributed by atoms with Gasteiger partial charge in [-0.25, -0.2) is 4.79 Å². The number of carboxylic acid groups (broad SMARTS) is 1. The third-order valence-electron chi connectivity index (χ3n) is 2.52. The Balaban J connectivity index is 2.11. The molecule has 0 atom stereocenters. The lowest BCUT2D eigenvalue weighted by Gasteiger charge is -2.10. The van der Waals surface area contributed by atoms with Crippen LogP contribution in [0.25, 0.3) is 0 Å². The number of carbonyl (C=O) groups is 1. The van der Waals surface area contributed by atoms with Crippen molar-refractivity contribution >= 4 is 5.97 Å². The average molecular weight is 288 g/mol. The molecule has 7 nitrogen and oxygen atoms in total. The Morgan fingerprint density at radius 2 is 2.19 bits per heavy atom. The zero-order valence-corrected chi connectivity index (χ0v) is 11.2. The Labute approximate surface area is 120 Å². The quantitative estimate of drug-likeness (QED) is 0.868. The van der Waals surface area contributed by atoms with E-state index >= 15 is 0 Å². The second kappa shape index (κ2) is 6.43. The molecule has 0 aliphatic rings. The van der Waals surface area contributed by atoms with Crippen molar-refractivity contribution in [3.05, 3.63) is 41.3 Å². The number of nitrogens with zero attached hydrogens (tertiary/aromatic N) is 2. The Morgan fingerprint density at radius 3 is 2.81 bits per heavy atom. The molecule has 1 aromatic heterocycles. The van der Waals surface area contributed by atoms with Crippen LogP contribution in [0.2, 0.25) is 0 Å². The summed E-state index contributed by atoms with van der Waals surface area (Å²) < 4.78 is 15.7. The van der Waals surface area contributed by atoms with Crippen LogP contribution in [0.15, 0.2) is 28.8 Å². The monoisotopic (exact) mass is 288 g/mol. The lowest BCUT2D eigenvalue weighted by atomic mass is 10.2. The molecule has 0 amide bonds. The standard InChI is InChI=1S/C14H12N2O5/c1-2-19-13-5-9(7-15)3-4-12(13)20-8-10-6-11(14(17)18)16-21-10/h3-6H,2,8H2,1H3,(H,17,18). The zero-order valence-electron chi connectivity index (χ0n) is 11.2. The first-order valence-electron chi connectivity index (χ1n) is 6.12. The van der Waals surface area contributed by atoms with E-state index in [-0.39, 0.29) is 18.1 Å². The van der Waals surface area contributed by atoms with E-state index in [0.717, 1.165) is 0 Å². The smallest absolute Gasteiger partial charge is 0.358 e. The number of aromatic carboxylic acids is 1. The largest absolute Gasteiger partial charge is 0.490 e. The van der Waals surface area contributed by atoms with Crippen LogP contribution in [0.3, 0.4) is 0 Å². The SMILES string of the molecule is CCOc1cc(C#N)ccc1OCc1cc(C(=O)O)no1. The highest BCUT2D eigenvalue weighted by Gasteiger charge is 2.12. The van der Waals surface area contributed by atoms with E-state index in [1.165, 1.54) is 6.07 Å². The van der Waals surface area contributed by atoms with Gasteiger partial charge in [-0.05, 0) is 19.1 Å². The summed E-state index contributed by atoms with van der Waals surface area (Å²) in [6.07, 6.45) is 0. The van der Waals surface area contributed by atoms with E-state index in [0.29, 0.717) is 23.7 Å². The molecule has 0 spiro atoms. The minimum atomic E-state index is -1.17. The summed E-state index contributed by atoms with van der Waals surface area (Å²) in [6, 6.07) is 8.08. The number of hydrogen-bond acceptors (Lipinski definition) is 6. The zero-order chi connectivity index (χ0) is 15.2. The van der Waals surface area contributed by atoms with Gasteiger partial charge in [0.2, 0.25) is 0 Å². The predicted octanol–water partition coefficient (Wildman–Crippen LogP) is 2.22. The Bertz CT molecular complexity index is 687. The molecule has 1 heterocycles. The van der Waals surface area contributed by atoms with E-state index in [9.17, 15) is 4.79 Å². The molecular weight excluding hydrogens is 276 g/mol. The van der Waals surface area contributed by atoms with Gasteiger partial charge in [-0.2, -0.15) is 5.26 Å². The van der Waals surface area contributed by atoms with Crippen LogP contribution < -0.4 is 9.47 Å². The van der Waals surface area contributed by atoms with Gasteiger partial charge in [0.1, 0.15) is 6.61 Å². The van der Waals surface area contributed by atoms with E-state index in [1.807, 2.05) is 13.0 Å². The number of ether oxygens (including phenoxy) is 2. The first-order valence-corrected chi connectivity index (χ1v) is 6.12. The summed E-state index contributed by atoms with van der Waals surface area (Å²) in [6.45, 7) is 2.25. The van der Waals surface area contributed by atoms with Gasteiger partial charge >= 0.3 is 5.97 Å². The van der Waals surface area contributed by atoms with Crippen LogP contribution in [0.4, 0.5) is 0 Å². The average Bonchev–Trinajstić information content (AvgIpc) is 2.95. The van der Waals surface area contributed by atoms with Gasteiger partial charge in [-0.1, -0.05) is 5.16 Å². The lowest BCUT2D eigenvalue weighted by Crippen LogP contribution is -1.99. The summed E-state index contributed by atoms with van der Waals surface area (Å²) in [5, 5.41) is 21.0. The molecule has 0 radical (unpaired) electrons. The molecule has 0 saturated heterocycles. The maximum atomic E-state index is 10.7. The van der Waals surface area contributed by atoms with E-state index in [1.54, 1.807) is 18.2 Å². The summed E-state index contributed by atoms with van der Waals surface area (Å²) in [7, 11) is 0. The normalized spacial score (nSPS) is 9.90. The minimum Gasteiger partial charge on any atom is -0.490 e. The van der Waals surface area contributed by atoms with Gasteiger partial charge in [-0.15, -0.1) is 0 Å². The first-order chi connectivity index (χ1) is 10.1. The maximum absolute atomic E-state index is 10.7. The first kappa shape index (κ1) is 14.4. The van der Waals surface area contributed by atoms with Crippen LogP contribution >= 0.6 is 0 Å². The van der Waals surface area contributed by atoms with Crippen molar-refractivity contribution in [3.8, 4) is 17.6 Å². The molecule has 0 bridgehead atoms. The lowest BCUT2D eigenvalue weighted by molar-refractivity contribution is 0.0685. The minimum absolute atomic E-state index is 0.00620. The van der Waals surface area contributed by atoms with Crippen LogP contribution in [0.5, 0.6) is 11.5 Å². The number of nitriles is 1. The summed E-state index contributed by atoms with van der Waals surface area (Å²) in [4.78, 5) is 10.7. The molecule has 2 rings (SSSR count). The molecule has 1 N–H and O–H groups in total. The fraction of sp³-hybridized carbons (Fsp3) is 0.214. The number of rotatable bonds is 6. The predicted molar refractivity (Wildman–Crippen MR) is 70.1 cm³/mol. The van der Waals surface area contributed by atoms with Crippen molar-refractivity contribution in [1.29, 1.82) is 5.26 Å². The number of benzene rings is 1. The molecule has 0 saturated carbocycles. The second-order valence-corrected chi connectivity index (χ2v) is 3.98. The molecule has 1 aromatic carbocycles. The number of carboxylic acids is 1. The van der Waals surface area contributed by atoms with Crippen molar-refractivity contribution < 1.29 is 23.9 Å². The topological polar surface area (TPSA) is 106 Å². The fourth-order valence-electron chi connectivity index (χ4n) is 1.60. The van der Waals surface area contributed by atoms with Crippen LogP contribution in [0.1, 0.15) is 28.7 Å². The summed E-state index contributed by atoms with van der Waals surface area (Å²) in [5.74, 6) is -0.0174. The summed E-state index contributed by atoms with van der Waals surface area (Å²) >= 11 is 0. The van der Waals surface area contributed by atoms with Crippen molar-refractivity contribution in [1.82, 2.24) is 5.16 Å². The van der Waals surface area contributed by atoms with E-state index in [2.05, 4.69) is 5.16 Å². The molecule has 0 aliphatic carbocycles. The molecule has 0 fully saturated rings. The number of hydrogen-bond donors (Lipinski definition) is 1. The van der Waals surface area contributed by atoms with Crippen molar-refractivity contribution in [2.75, 3.05) is 6.61 Å².